The van der Waals surface area contributed by atoms with Crippen LogP contribution in [0.3, 0.4) is 0 Å². The number of nitrogens with zero attached hydrogens (tertiary/aromatic N) is 4. The average Bonchev–Trinajstić information content (AvgIpc) is 3.16. The molecule has 0 radical (unpaired) electrons. The Morgan fingerprint density at radius 3 is 2.58 bits per heavy atom. The maximum Gasteiger partial charge on any atom is 0.410 e. The van der Waals surface area contributed by atoms with Crippen molar-refractivity contribution in [2.24, 2.45) is 0 Å². The first-order valence-corrected chi connectivity index (χ1v) is 10.4. The maximum absolute atomic E-state index is 12.2. The van der Waals surface area contributed by atoms with Gasteiger partial charge in [0.25, 0.3) is 0 Å². The van der Waals surface area contributed by atoms with Gasteiger partial charge in [-0.2, -0.15) is 5.26 Å². The zero-order valence-electron chi connectivity index (χ0n) is 18.0. The molecule has 1 aliphatic rings. The first-order chi connectivity index (χ1) is 14.8. The first kappa shape index (κ1) is 20.7. The van der Waals surface area contributed by atoms with E-state index >= 15 is 0 Å². The minimum absolute atomic E-state index is 0.0446. The van der Waals surface area contributed by atoms with Crippen LogP contribution in [0.5, 0.6) is 5.75 Å². The number of hydrogen-bond donors (Lipinski definition) is 0. The lowest BCUT2D eigenvalue weighted by molar-refractivity contribution is 0.0126. The molecule has 0 aliphatic carbocycles. The molecule has 1 aliphatic heterocycles. The Morgan fingerprint density at radius 2 is 1.94 bits per heavy atom. The molecule has 1 saturated heterocycles. The second-order valence-corrected chi connectivity index (χ2v) is 8.71. The number of hydrogen-bond acceptors (Lipinski definition) is 5. The van der Waals surface area contributed by atoms with Crippen LogP contribution in [0, 0.1) is 11.3 Å². The Kier molecular flexibility index (Phi) is 5.55. The molecule has 0 unspecified atom stereocenters. The SMILES string of the molecule is CC(C)(C)OC(=O)N1CCC(Oc2ccc(-n3ccc4cc(C#N)ccc43)nc2)CC1. The van der Waals surface area contributed by atoms with Gasteiger partial charge in [0.15, 0.2) is 0 Å². The van der Waals surface area contributed by atoms with E-state index in [1.165, 1.54) is 0 Å². The Labute approximate surface area is 181 Å². The van der Waals surface area contributed by atoms with Crippen molar-refractivity contribution in [1.82, 2.24) is 14.5 Å². The fourth-order valence-corrected chi connectivity index (χ4v) is 3.67. The van der Waals surface area contributed by atoms with Gasteiger partial charge in [-0.1, -0.05) is 0 Å². The highest BCUT2D eigenvalue weighted by molar-refractivity contribution is 5.83. The largest absolute Gasteiger partial charge is 0.489 e. The van der Waals surface area contributed by atoms with Gasteiger partial charge in [0.2, 0.25) is 0 Å². The lowest BCUT2D eigenvalue weighted by Crippen LogP contribution is -2.44. The predicted molar refractivity (Wildman–Crippen MR) is 117 cm³/mol. The molecule has 0 saturated carbocycles. The summed E-state index contributed by atoms with van der Waals surface area (Å²) < 4.78 is 13.5. The van der Waals surface area contributed by atoms with Crippen LogP contribution in [-0.4, -0.2) is 45.3 Å². The second-order valence-electron chi connectivity index (χ2n) is 8.71. The third-order valence-electron chi connectivity index (χ3n) is 5.18. The lowest BCUT2D eigenvalue weighted by Gasteiger charge is -2.33. The van der Waals surface area contributed by atoms with Crippen LogP contribution in [-0.2, 0) is 4.74 Å². The third kappa shape index (κ3) is 4.80. The first-order valence-electron chi connectivity index (χ1n) is 10.4. The molecule has 3 heterocycles. The molecule has 1 aromatic carbocycles. The predicted octanol–water partition coefficient (Wildman–Crippen LogP) is 4.68. The van der Waals surface area contributed by atoms with Crippen molar-refractivity contribution >= 4 is 17.0 Å². The molecule has 0 N–H and O–H groups in total. The van der Waals surface area contributed by atoms with Crippen molar-refractivity contribution in [2.45, 2.75) is 45.3 Å². The van der Waals surface area contributed by atoms with Crippen molar-refractivity contribution in [3.8, 4) is 17.6 Å². The quantitative estimate of drug-likeness (QED) is 0.617. The zero-order valence-corrected chi connectivity index (χ0v) is 18.0. The molecule has 0 bridgehead atoms. The standard InChI is InChI=1S/C24H26N4O3/c1-24(2,3)31-23(29)27-11-9-19(10-12-27)30-20-5-7-22(26-16-20)28-13-8-18-14-17(15-25)4-6-21(18)28/h4-8,13-14,16,19H,9-12H2,1-3H3. The molecule has 0 atom stereocenters. The Hall–Kier alpha value is -3.53. The summed E-state index contributed by atoms with van der Waals surface area (Å²) in [7, 11) is 0. The Balaban J connectivity index is 1.37. The van der Waals surface area contributed by atoms with Crippen molar-refractivity contribution in [2.75, 3.05) is 13.1 Å². The molecule has 160 valence electrons. The third-order valence-corrected chi connectivity index (χ3v) is 5.18. The van der Waals surface area contributed by atoms with Crippen LogP contribution in [0.2, 0.25) is 0 Å². The number of likely N-dealkylation sites (tertiary alicyclic amines) is 1. The van der Waals surface area contributed by atoms with Gasteiger partial charge >= 0.3 is 6.09 Å². The Morgan fingerprint density at radius 1 is 1.16 bits per heavy atom. The average molecular weight is 418 g/mol. The van der Waals surface area contributed by atoms with Crippen LogP contribution in [0.25, 0.3) is 16.7 Å². The highest BCUT2D eigenvalue weighted by atomic mass is 16.6. The summed E-state index contributed by atoms with van der Waals surface area (Å²) in [4.78, 5) is 18.5. The summed E-state index contributed by atoms with van der Waals surface area (Å²) in [5.74, 6) is 1.49. The number of rotatable bonds is 3. The van der Waals surface area contributed by atoms with Gasteiger partial charge < -0.3 is 18.9 Å². The molecular weight excluding hydrogens is 392 g/mol. The summed E-state index contributed by atoms with van der Waals surface area (Å²) in [6.45, 7) is 6.85. The molecule has 7 heteroatoms. The normalized spacial score (nSPS) is 15.0. The highest BCUT2D eigenvalue weighted by Gasteiger charge is 2.27. The molecule has 2 aromatic heterocycles. The minimum Gasteiger partial charge on any atom is -0.489 e. The molecule has 3 aromatic rings. The fraction of sp³-hybridized carbons (Fsp3) is 0.375. The van der Waals surface area contributed by atoms with E-state index in [0.717, 1.165) is 29.6 Å². The van der Waals surface area contributed by atoms with Crippen molar-refractivity contribution in [1.29, 1.82) is 5.26 Å². The van der Waals surface area contributed by atoms with Crippen LogP contribution < -0.4 is 4.74 Å². The van der Waals surface area contributed by atoms with Crippen LogP contribution in [0.1, 0.15) is 39.2 Å². The van der Waals surface area contributed by atoms with E-state index in [4.69, 9.17) is 14.7 Å². The Bertz CT molecular complexity index is 1110. The van der Waals surface area contributed by atoms with E-state index in [0.29, 0.717) is 24.4 Å². The van der Waals surface area contributed by atoms with E-state index in [1.807, 2.05) is 61.9 Å². The summed E-state index contributed by atoms with van der Waals surface area (Å²) in [6.07, 6.45) is 4.96. The zero-order chi connectivity index (χ0) is 22.0. The number of amides is 1. The van der Waals surface area contributed by atoms with Crippen LogP contribution in [0.4, 0.5) is 4.79 Å². The number of carbonyl (C=O) groups excluding carboxylic acids is 1. The highest BCUT2D eigenvalue weighted by Crippen LogP contribution is 2.24. The van der Waals surface area contributed by atoms with E-state index < -0.39 is 5.60 Å². The van der Waals surface area contributed by atoms with Gasteiger partial charge in [-0.25, -0.2) is 9.78 Å². The minimum atomic E-state index is -0.485. The van der Waals surface area contributed by atoms with Crippen LogP contribution in [0.15, 0.2) is 48.8 Å². The molecule has 0 spiro atoms. The number of benzene rings is 1. The van der Waals surface area contributed by atoms with Crippen molar-refractivity contribution < 1.29 is 14.3 Å². The maximum atomic E-state index is 12.2. The lowest BCUT2D eigenvalue weighted by atomic mass is 10.1. The van der Waals surface area contributed by atoms with E-state index in [-0.39, 0.29) is 12.2 Å². The topological polar surface area (TPSA) is 80.4 Å². The fourth-order valence-electron chi connectivity index (χ4n) is 3.67. The molecule has 1 fully saturated rings. The molecule has 1 amide bonds. The summed E-state index contributed by atoms with van der Waals surface area (Å²) in [5.41, 5.74) is 1.15. The van der Waals surface area contributed by atoms with Gasteiger partial charge in [0, 0.05) is 37.5 Å². The number of piperidine rings is 1. The van der Waals surface area contributed by atoms with Gasteiger partial charge in [-0.3, -0.25) is 0 Å². The van der Waals surface area contributed by atoms with E-state index in [9.17, 15) is 4.79 Å². The van der Waals surface area contributed by atoms with Crippen molar-refractivity contribution in [3.63, 3.8) is 0 Å². The molecule has 31 heavy (non-hydrogen) atoms. The summed E-state index contributed by atoms with van der Waals surface area (Å²) >= 11 is 0. The molecule has 4 rings (SSSR count). The number of pyridine rings is 1. The van der Waals surface area contributed by atoms with Gasteiger partial charge in [0.05, 0.1) is 23.3 Å². The monoisotopic (exact) mass is 418 g/mol. The van der Waals surface area contributed by atoms with Crippen LogP contribution >= 0.6 is 0 Å². The number of ether oxygens (including phenoxy) is 2. The summed E-state index contributed by atoms with van der Waals surface area (Å²) in [5, 5.41) is 10.1. The van der Waals surface area contributed by atoms with Crippen molar-refractivity contribution in [3.05, 3.63) is 54.4 Å². The van der Waals surface area contributed by atoms with E-state index in [1.54, 1.807) is 17.2 Å². The molecular formula is C24H26N4O3. The number of aromatic nitrogens is 2. The number of nitriles is 1. The smallest absolute Gasteiger partial charge is 0.410 e. The van der Waals surface area contributed by atoms with Gasteiger partial charge in [-0.15, -0.1) is 0 Å². The number of carbonyl (C=O) groups is 1. The second kappa shape index (κ2) is 8.31. The van der Waals surface area contributed by atoms with E-state index in [2.05, 4.69) is 11.1 Å². The number of fused-ring (bicyclic) bond motifs is 1. The van der Waals surface area contributed by atoms with Gasteiger partial charge in [-0.05, 0) is 57.2 Å². The van der Waals surface area contributed by atoms with Gasteiger partial charge in [0.1, 0.15) is 23.3 Å². The summed E-state index contributed by atoms with van der Waals surface area (Å²) in [6, 6.07) is 13.6. The molecule has 7 nitrogen and oxygen atoms in total.